The van der Waals surface area contributed by atoms with E-state index >= 15 is 0 Å². The lowest BCUT2D eigenvalue weighted by atomic mass is 9.91. The van der Waals surface area contributed by atoms with Gasteiger partial charge in [-0.3, -0.25) is 14.5 Å². The molecular weight excluding hydrogens is 371 g/mol. The van der Waals surface area contributed by atoms with E-state index < -0.39 is 5.41 Å². The molecule has 2 aromatic rings. The zero-order valence-corrected chi connectivity index (χ0v) is 16.4. The van der Waals surface area contributed by atoms with Crippen molar-refractivity contribution in [1.82, 2.24) is 9.88 Å². The average Bonchev–Trinajstić information content (AvgIpc) is 3.17. The lowest BCUT2D eigenvalue weighted by Gasteiger charge is -2.18. The van der Waals surface area contributed by atoms with Gasteiger partial charge in [0.05, 0.1) is 23.0 Å². The van der Waals surface area contributed by atoms with Crippen LogP contribution in [0.2, 0.25) is 0 Å². The first-order chi connectivity index (χ1) is 12.2. The molecule has 1 amide bonds. The number of amides is 1. The van der Waals surface area contributed by atoms with Crippen molar-refractivity contribution < 1.29 is 14.0 Å². The number of rotatable bonds is 4. The van der Waals surface area contributed by atoms with Crippen molar-refractivity contribution in [2.45, 2.75) is 27.3 Å². The normalized spacial score (nSPS) is 16.5. The molecule has 0 radical (unpaired) electrons. The first-order valence-corrected chi connectivity index (χ1v) is 10.0. The SMILES string of the molecule is CC(C)(C)C(=O)/C=C1\SCC(=O)N1Cc1csc(-c2ccc(F)cc2)n1. The van der Waals surface area contributed by atoms with Crippen LogP contribution >= 0.6 is 23.1 Å². The van der Waals surface area contributed by atoms with E-state index in [1.54, 1.807) is 23.1 Å². The van der Waals surface area contributed by atoms with E-state index in [0.29, 0.717) is 17.3 Å². The molecule has 0 aliphatic carbocycles. The van der Waals surface area contributed by atoms with Crippen LogP contribution < -0.4 is 0 Å². The van der Waals surface area contributed by atoms with Gasteiger partial charge in [0.25, 0.3) is 0 Å². The Kier molecular flexibility index (Phi) is 5.29. The van der Waals surface area contributed by atoms with Crippen LogP contribution in [0.25, 0.3) is 10.6 Å². The van der Waals surface area contributed by atoms with Gasteiger partial charge in [-0.25, -0.2) is 9.37 Å². The number of benzene rings is 1. The number of hydrogen-bond acceptors (Lipinski definition) is 5. The third-order valence-corrected chi connectivity index (χ3v) is 5.83. The number of hydrogen-bond donors (Lipinski definition) is 0. The molecular formula is C19H19FN2O2S2. The van der Waals surface area contributed by atoms with Crippen molar-refractivity contribution in [3.63, 3.8) is 0 Å². The van der Waals surface area contributed by atoms with Gasteiger partial charge in [0.15, 0.2) is 5.78 Å². The number of thioether (sulfide) groups is 1. The first-order valence-electron chi connectivity index (χ1n) is 8.14. The minimum atomic E-state index is -0.485. The Labute approximate surface area is 160 Å². The summed E-state index contributed by atoms with van der Waals surface area (Å²) in [6.45, 7) is 5.89. The molecule has 1 aromatic heterocycles. The summed E-state index contributed by atoms with van der Waals surface area (Å²) in [5.41, 5.74) is 1.10. The number of halogens is 1. The Morgan fingerprint density at radius 2 is 2.00 bits per heavy atom. The van der Waals surface area contributed by atoms with Crippen LogP contribution in [0.5, 0.6) is 0 Å². The van der Waals surface area contributed by atoms with E-state index in [1.165, 1.54) is 35.2 Å². The molecule has 2 heterocycles. The van der Waals surface area contributed by atoms with Crippen molar-refractivity contribution >= 4 is 34.8 Å². The van der Waals surface area contributed by atoms with Crippen LogP contribution in [0, 0.1) is 11.2 Å². The van der Waals surface area contributed by atoms with Gasteiger partial charge in [0.2, 0.25) is 5.91 Å². The minimum Gasteiger partial charge on any atom is -0.300 e. The van der Waals surface area contributed by atoms with E-state index in [2.05, 4.69) is 4.98 Å². The quantitative estimate of drug-likeness (QED) is 0.722. The van der Waals surface area contributed by atoms with E-state index in [-0.39, 0.29) is 17.5 Å². The number of nitrogens with zero attached hydrogens (tertiary/aromatic N) is 2. The van der Waals surface area contributed by atoms with E-state index in [4.69, 9.17) is 0 Å². The molecule has 0 bridgehead atoms. The first kappa shape index (κ1) is 18.8. The molecule has 0 N–H and O–H groups in total. The molecule has 0 atom stereocenters. The highest BCUT2D eigenvalue weighted by molar-refractivity contribution is 8.04. The molecule has 0 unspecified atom stereocenters. The maximum absolute atomic E-state index is 13.1. The smallest absolute Gasteiger partial charge is 0.238 e. The van der Waals surface area contributed by atoms with Crippen LogP contribution in [0.3, 0.4) is 0 Å². The van der Waals surface area contributed by atoms with E-state index in [9.17, 15) is 14.0 Å². The monoisotopic (exact) mass is 390 g/mol. The highest BCUT2D eigenvalue weighted by Crippen LogP contribution is 2.33. The summed E-state index contributed by atoms with van der Waals surface area (Å²) in [5.74, 6) is 0.00543. The van der Waals surface area contributed by atoms with Gasteiger partial charge in [-0.05, 0) is 24.3 Å². The molecule has 1 aliphatic heterocycles. The summed E-state index contributed by atoms with van der Waals surface area (Å²) in [6, 6.07) is 6.16. The van der Waals surface area contributed by atoms with Gasteiger partial charge in [0, 0.05) is 22.4 Å². The zero-order valence-electron chi connectivity index (χ0n) is 14.8. The second-order valence-electron chi connectivity index (χ2n) is 7.02. The number of carbonyl (C=O) groups excluding carboxylic acids is 2. The number of carbonyl (C=O) groups is 2. The predicted molar refractivity (Wildman–Crippen MR) is 103 cm³/mol. The maximum atomic E-state index is 13.1. The second kappa shape index (κ2) is 7.32. The predicted octanol–water partition coefficient (Wildman–Crippen LogP) is 4.48. The van der Waals surface area contributed by atoms with E-state index in [1.807, 2.05) is 26.2 Å². The maximum Gasteiger partial charge on any atom is 0.238 e. The van der Waals surface area contributed by atoms with Gasteiger partial charge >= 0.3 is 0 Å². The molecule has 1 aromatic carbocycles. The zero-order chi connectivity index (χ0) is 18.9. The summed E-state index contributed by atoms with van der Waals surface area (Å²) in [4.78, 5) is 30.7. The topological polar surface area (TPSA) is 50.3 Å². The molecule has 7 heteroatoms. The van der Waals surface area contributed by atoms with Crippen LogP contribution in [0.1, 0.15) is 26.5 Å². The Balaban J connectivity index is 1.79. The number of aromatic nitrogens is 1. The molecule has 136 valence electrons. The molecule has 0 spiro atoms. The van der Waals surface area contributed by atoms with Crippen molar-refractivity contribution in [2.24, 2.45) is 5.41 Å². The van der Waals surface area contributed by atoms with Crippen molar-refractivity contribution in [3.05, 3.63) is 52.3 Å². The van der Waals surface area contributed by atoms with Crippen LogP contribution in [-0.2, 0) is 16.1 Å². The largest absolute Gasteiger partial charge is 0.300 e. The minimum absolute atomic E-state index is 0.00928. The van der Waals surface area contributed by atoms with Crippen molar-refractivity contribution in [3.8, 4) is 10.6 Å². The summed E-state index contributed by atoms with van der Waals surface area (Å²) >= 11 is 2.83. The van der Waals surface area contributed by atoms with Crippen molar-refractivity contribution in [2.75, 3.05) is 5.75 Å². The number of thiazole rings is 1. The Morgan fingerprint density at radius 1 is 1.31 bits per heavy atom. The molecule has 1 saturated heterocycles. The molecule has 1 fully saturated rings. The number of ketones is 1. The fraction of sp³-hybridized carbons (Fsp3) is 0.316. The molecule has 26 heavy (non-hydrogen) atoms. The van der Waals surface area contributed by atoms with Crippen molar-refractivity contribution in [1.29, 1.82) is 0 Å². The van der Waals surface area contributed by atoms with Gasteiger partial charge < -0.3 is 0 Å². The highest BCUT2D eigenvalue weighted by atomic mass is 32.2. The average molecular weight is 391 g/mol. The molecule has 3 rings (SSSR count). The van der Waals surface area contributed by atoms with Crippen LogP contribution in [0.4, 0.5) is 4.39 Å². The fourth-order valence-corrected chi connectivity index (χ4v) is 4.05. The van der Waals surface area contributed by atoms with Gasteiger partial charge in [-0.15, -0.1) is 11.3 Å². The second-order valence-corrected chi connectivity index (χ2v) is 8.87. The highest BCUT2D eigenvalue weighted by Gasteiger charge is 2.30. The van der Waals surface area contributed by atoms with E-state index in [0.717, 1.165) is 16.3 Å². The number of allylic oxidation sites excluding steroid dienone is 1. The fourth-order valence-electron chi connectivity index (χ4n) is 2.30. The third kappa shape index (κ3) is 4.22. The van der Waals surface area contributed by atoms with Gasteiger partial charge in [-0.1, -0.05) is 32.5 Å². The van der Waals surface area contributed by atoms with Gasteiger partial charge in [0.1, 0.15) is 10.8 Å². The lowest BCUT2D eigenvalue weighted by molar-refractivity contribution is -0.125. The standard InChI is InChI=1S/C19H19FN2O2S2/c1-19(2,3)15(23)8-17-22(16(24)11-25-17)9-14-10-26-18(21-14)12-4-6-13(20)7-5-12/h4-8,10H,9,11H2,1-3H3/b17-8-. The Bertz CT molecular complexity index is 866. The molecule has 1 aliphatic rings. The summed E-state index contributed by atoms with van der Waals surface area (Å²) in [5, 5.41) is 3.33. The summed E-state index contributed by atoms with van der Waals surface area (Å²) in [7, 11) is 0. The van der Waals surface area contributed by atoms with Crippen LogP contribution in [-0.4, -0.2) is 27.3 Å². The third-order valence-electron chi connectivity index (χ3n) is 3.87. The van der Waals surface area contributed by atoms with Crippen LogP contribution in [0.15, 0.2) is 40.8 Å². The Morgan fingerprint density at radius 3 is 2.65 bits per heavy atom. The summed E-state index contributed by atoms with van der Waals surface area (Å²) in [6.07, 6.45) is 1.56. The Hall–Kier alpha value is -1.99. The molecule has 0 saturated carbocycles. The molecule has 4 nitrogen and oxygen atoms in total. The summed E-state index contributed by atoms with van der Waals surface area (Å²) < 4.78 is 13.1. The lowest BCUT2D eigenvalue weighted by Crippen LogP contribution is -2.26. The van der Waals surface area contributed by atoms with Gasteiger partial charge in [-0.2, -0.15) is 0 Å².